The topological polar surface area (TPSA) is 55.2 Å². The Bertz CT molecular complexity index is 628. The summed E-state index contributed by atoms with van der Waals surface area (Å²) in [6.45, 7) is 4.70. The van der Waals surface area contributed by atoms with Crippen LogP contribution in [0.3, 0.4) is 0 Å². The zero-order valence-corrected chi connectivity index (χ0v) is 13.2. The van der Waals surface area contributed by atoms with Crippen molar-refractivity contribution < 1.29 is 4.92 Å². The lowest BCUT2D eigenvalue weighted by atomic mass is 10.2. The molecule has 7 heteroatoms. The molecule has 0 aliphatic rings. The number of hydrogen-bond donors (Lipinski definition) is 1. The molecule has 1 aromatic heterocycles. The van der Waals surface area contributed by atoms with Crippen LogP contribution >= 0.6 is 34.5 Å². The van der Waals surface area contributed by atoms with E-state index in [2.05, 4.69) is 25.2 Å². The highest BCUT2D eigenvalue weighted by atomic mass is 35.5. The van der Waals surface area contributed by atoms with Gasteiger partial charge in [0.1, 0.15) is 0 Å². The van der Waals surface area contributed by atoms with Crippen LogP contribution in [0, 0.1) is 24.0 Å². The Labute approximate surface area is 130 Å². The summed E-state index contributed by atoms with van der Waals surface area (Å²) in [6, 6.07) is 4.68. The van der Waals surface area contributed by atoms with E-state index in [-0.39, 0.29) is 15.7 Å². The summed E-state index contributed by atoms with van der Waals surface area (Å²) in [7, 11) is 0. The van der Waals surface area contributed by atoms with Gasteiger partial charge in [-0.15, -0.1) is 11.3 Å². The largest absolute Gasteiger partial charge is 0.378 e. The second-order valence-electron chi connectivity index (χ2n) is 4.35. The number of non-ortho nitro benzene ring substituents is 1. The van der Waals surface area contributed by atoms with E-state index in [1.807, 2.05) is 0 Å². The second kappa shape index (κ2) is 5.99. The number of benzene rings is 1. The predicted octanol–water partition coefficient (Wildman–Crippen LogP) is 5.19. The first kappa shape index (κ1) is 15.1. The fraction of sp³-hybridized carbons (Fsp3) is 0.231. The van der Waals surface area contributed by atoms with Gasteiger partial charge in [-0.2, -0.15) is 0 Å². The van der Waals surface area contributed by atoms with Gasteiger partial charge in [0.2, 0.25) is 0 Å². The van der Waals surface area contributed by atoms with Crippen LogP contribution in [-0.2, 0) is 6.54 Å². The molecule has 0 spiro atoms. The molecule has 0 amide bonds. The summed E-state index contributed by atoms with van der Waals surface area (Å²) in [5.41, 5.74) is 1.64. The second-order valence-corrected chi connectivity index (χ2v) is 6.50. The normalized spacial score (nSPS) is 10.6. The molecule has 0 aliphatic heterocycles. The number of rotatable bonds is 4. The van der Waals surface area contributed by atoms with E-state index in [0.29, 0.717) is 12.2 Å². The van der Waals surface area contributed by atoms with Crippen molar-refractivity contribution in [2.24, 2.45) is 0 Å². The van der Waals surface area contributed by atoms with Gasteiger partial charge >= 0.3 is 0 Å². The average Bonchev–Trinajstić information content (AvgIpc) is 2.67. The summed E-state index contributed by atoms with van der Waals surface area (Å²) in [5.74, 6) is 0. The molecule has 0 fully saturated rings. The third-order valence-corrected chi connectivity index (χ3v) is 4.64. The number of nitro benzene ring substituents is 1. The molecule has 1 aromatic carbocycles. The Balaban J connectivity index is 2.19. The SMILES string of the molecule is Cc1cc(CNc2c(Cl)cc([N+](=O)[O-])cc2Cl)sc1C. The first-order chi connectivity index (χ1) is 9.38. The molecule has 0 aliphatic carbocycles. The number of thiophene rings is 1. The van der Waals surface area contributed by atoms with Crippen molar-refractivity contribution in [3.8, 4) is 0 Å². The minimum Gasteiger partial charge on any atom is -0.378 e. The van der Waals surface area contributed by atoms with E-state index in [0.717, 1.165) is 4.88 Å². The fourth-order valence-electron chi connectivity index (χ4n) is 1.75. The van der Waals surface area contributed by atoms with Crippen molar-refractivity contribution in [2.75, 3.05) is 5.32 Å². The molecular weight excluding hydrogens is 319 g/mol. The van der Waals surface area contributed by atoms with Crippen LogP contribution in [0.4, 0.5) is 11.4 Å². The summed E-state index contributed by atoms with van der Waals surface area (Å²) < 4.78 is 0. The lowest BCUT2D eigenvalue weighted by Crippen LogP contribution is -2.00. The molecule has 0 saturated carbocycles. The number of anilines is 1. The van der Waals surface area contributed by atoms with Gasteiger partial charge in [-0.1, -0.05) is 23.2 Å². The van der Waals surface area contributed by atoms with Crippen molar-refractivity contribution in [1.82, 2.24) is 0 Å². The number of nitrogens with one attached hydrogen (secondary N) is 1. The number of nitro groups is 1. The van der Waals surface area contributed by atoms with Crippen molar-refractivity contribution >= 4 is 45.9 Å². The number of nitrogens with zero attached hydrogens (tertiary/aromatic N) is 1. The Morgan fingerprint density at radius 1 is 1.25 bits per heavy atom. The van der Waals surface area contributed by atoms with E-state index in [9.17, 15) is 10.1 Å². The van der Waals surface area contributed by atoms with E-state index < -0.39 is 4.92 Å². The third-order valence-electron chi connectivity index (χ3n) is 2.89. The van der Waals surface area contributed by atoms with Crippen LogP contribution in [0.5, 0.6) is 0 Å². The molecule has 2 rings (SSSR count). The van der Waals surface area contributed by atoms with Crippen LogP contribution < -0.4 is 5.32 Å². The highest BCUT2D eigenvalue weighted by molar-refractivity contribution is 7.12. The van der Waals surface area contributed by atoms with E-state index in [4.69, 9.17) is 23.2 Å². The van der Waals surface area contributed by atoms with Crippen LogP contribution in [0.25, 0.3) is 0 Å². The zero-order valence-electron chi connectivity index (χ0n) is 10.9. The molecule has 4 nitrogen and oxygen atoms in total. The molecule has 106 valence electrons. The van der Waals surface area contributed by atoms with Gasteiger partial charge in [0.15, 0.2) is 0 Å². The molecule has 0 radical (unpaired) electrons. The minimum atomic E-state index is -0.520. The van der Waals surface area contributed by atoms with Crippen LogP contribution in [-0.4, -0.2) is 4.92 Å². The molecule has 2 aromatic rings. The molecular formula is C13H12Cl2N2O2S. The molecule has 20 heavy (non-hydrogen) atoms. The predicted molar refractivity (Wildman–Crippen MR) is 84.2 cm³/mol. The van der Waals surface area contributed by atoms with E-state index >= 15 is 0 Å². The zero-order chi connectivity index (χ0) is 14.9. The van der Waals surface area contributed by atoms with E-state index in [1.165, 1.54) is 22.6 Å². The van der Waals surface area contributed by atoms with E-state index in [1.54, 1.807) is 11.3 Å². The van der Waals surface area contributed by atoms with Gasteiger partial charge in [-0.3, -0.25) is 10.1 Å². The van der Waals surface area contributed by atoms with Crippen LogP contribution in [0.2, 0.25) is 10.0 Å². The standard InChI is InChI=1S/C13H12Cl2N2O2S/c1-7-3-10(20-8(7)2)6-16-13-11(14)4-9(17(18)19)5-12(13)15/h3-5,16H,6H2,1-2H3. The third kappa shape index (κ3) is 3.23. The molecule has 0 bridgehead atoms. The monoisotopic (exact) mass is 330 g/mol. The maximum Gasteiger partial charge on any atom is 0.272 e. The maximum atomic E-state index is 10.7. The molecule has 0 unspecified atom stereocenters. The first-order valence-corrected chi connectivity index (χ1v) is 7.39. The van der Waals surface area contributed by atoms with Crippen molar-refractivity contribution in [2.45, 2.75) is 20.4 Å². The smallest absolute Gasteiger partial charge is 0.272 e. The highest BCUT2D eigenvalue weighted by Gasteiger charge is 2.14. The minimum absolute atomic E-state index is 0.117. The van der Waals surface area contributed by atoms with Gasteiger partial charge in [-0.05, 0) is 25.5 Å². The summed E-state index contributed by atoms with van der Waals surface area (Å²) in [5, 5.41) is 14.3. The lowest BCUT2D eigenvalue weighted by molar-refractivity contribution is -0.384. The Morgan fingerprint density at radius 2 is 1.85 bits per heavy atom. The fourth-order valence-corrected chi connectivity index (χ4v) is 3.35. The Kier molecular flexibility index (Phi) is 4.52. The lowest BCUT2D eigenvalue weighted by Gasteiger charge is -2.09. The number of aryl methyl sites for hydroxylation is 2. The Morgan fingerprint density at radius 3 is 2.30 bits per heavy atom. The summed E-state index contributed by atoms with van der Waals surface area (Å²) in [4.78, 5) is 12.6. The van der Waals surface area contributed by atoms with Crippen LogP contribution in [0.15, 0.2) is 18.2 Å². The number of hydrogen-bond acceptors (Lipinski definition) is 4. The molecule has 0 saturated heterocycles. The number of halogens is 2. The molecule has 1 N–H and O–H groups in total. The summed E-state index contributed by atoms with van der Waals surface area (Å²) in [6.07, 6.45) is 0. The van der Waals surface area contributed by atoms with Crippen molar-refractivity contribution in [1.29, 1.82) is 0 Å². The van der Waals surface area contributed by atoms with Crippen molar-refractivity contribution in [3.63, 3.8) is 0 Å². The van der Waals surface area contributed by atoms with Crippen molar-refractivity contribution in [3.05, 3.63) is 53.7 Å². The summed E-state index contributed by atoms with van der Waals surface area (Å²) >= 11 is 13.8. The van der Waals surface area contributed by atoms with Gasteiger partial charge in [0, 0.05) is 28.4 Å². The highest BCUT2D eigenvalue weighted by Crippen LogP contribution is 2.35. The van der Waals surface area contributed by atoms with Gasteiger partial charge < -0.3 is 5.32 Å². The maximum absolute atomic E-state index is 10.7. The average molecular weight is 331 g/mol. The Hall–Kier alpha value is -1.30. The van der Waals surface area contributed by atoms with Gasteiger partial charge in [-0.25, -0.2) is 0 Å². The van der Waals surface area contributed by atoms with Gasteiger partial charge in [0.25, 0.3) is 5.69 Å². The quantitative estimate of drug-likeness (QED) is 0.619. The first-order valence-electron chi connectivity index (χ1n) is 5.81. The molecule has 0 atom stereocenters. The van der Waals surface area contributed by atoms with Crippen LogP contribution in [0.1, 0.15) is 15.3 Å². The molecule has 1 heterocycles. The van der Waals surface area contributed by atoms with Gasteiger partial charge in [0.05, 0.1) is 20.7 Å².